The largest absolute Gasteiger partial charge is 0.342 e. The maximum absolute atomic E-state index is 14.0. The van der Waals surface area contributed by atoms with E-state index < -0.39 is 17.8 Å². The third-order valence-corrected chi connectivity index (χ3v) is 5.76. The zero-order valence-electron chi connectivity index (χ0n) is 21.5. The molecule has 0 saturated heterocycles. The highest BCUT2D eigenvalue weighted by Crippen LogP contribution is 2.24. The first-order valence-corrected chi connectivity index (χ1v) is 11.9. The molecule has 37 heavy (non-hydrogen) atoms. The van der Waals surface area contributed by atoms with Crippen molar-refractivity contribution < 1.29 is 9.18 Å². The highest BCUT2D eigenvalue weighted by atomic mass is 19.1. The van der Waals surface area contributed by atoms with Gasteiger partial charge in [-0.2, -0.15) is 15.0 Å². The molecule has 190 valence electrons. The Morgan fingerprint density at radius 1 is 0.730 bits per heavy atom. The second kappa shape index (κ2) is 11.0. The highest BCUT2D eigenvalue weighted by Gasteiger charge is 2.17. The second-order valence-electron chi connectivity index (χ2n) is 9.03. The zero-order valence-corrected chi connectivity index (χ0v) is 21.5. The Morgan fingerprint density at radius 3 is 1.76 bits per heavy atom. The summed E-state index contributed by atoms with van der Waals surface area (Å²) in [7, 11) is 0. The van der Waals surface area contributed by atoms with Crippen molar-refractivity contribution in [2.24, 2.45) is 0 Å². The number of anilines is 6. The number of para-hydroxylation sites is 1. The van der Waals surface area contributed by atoms with Crippen LogP contribution in [0, 0.1) is 33.5 Å². The van der Waals surface area contributed by atoms with Crippen molar-refractivity contribution in [2.75, 3.05) is 21.3 Å². The average Bonchev–Trinajstić information content (AvgIpc) is 2.84. The van der Waals surface area contributed by atoms with Gasteiger partial charge >= 0.3 is 0 Å². The van der Waals surface area contributed by atoms with Crippen LogP contribution in [0.4, 0.5) is 39.3 Å². The fraction of sp³-hybridized carbons (Fsp3) is 0.214. The number of benzene rings is 3. The fourth-order valence-corrected chi connectivity index (χ4v) is 3.76. The predicted molar refractivity (Wildman–Crippen MR) is 146 cm³/mol. The molecule has 0 aliphatic rings. The van der Waals surface area contributed by atoms with Crippen molar-refractivity contribution in [3.63, 3.8) is 0 Å². The number of aryl methyl sites for hydroxylation is 4. The minimum absolute atomic E-state index is 0.103. The number of nitrogens with one attached hydrogen (secondary N) is 4. The zero-order chi connectivity index (χ0) is 26.5. The fourth-order valence-electron chi connectivity index (χ4n) is 3.76. The van der Waals surface area contributed by atoms with Crippen LogP contribution in [0.3, 0.4) is 0 Å². The summed E-state index contributed by atoms with van der Waals surface area (Å²) in [5.41, 5.74) is 6.18. The van der Waals surface area contributed by atoms with Crippen molar-refractivity contribution in [3.8, 4) is 0 Å². The van der Waals surface area contributed by atoms with Gasteiger partial charge in [0.05, 0.1) is 5.69 Å². The summed E-state index contributed by atoms with van der Waals surface area (Å²) in [6.45, 7) is 9.70. The standard InChI is InChI=1S/C28H30FN7O/c1-16-10-12-22(18(3)14-16)32-27-34-26(30-20(5)25(37)31-24-9-7-6-8-21(24)29)35-28(36-27)33-23-13-11-17(2)15-19(23)4/h6-15,20H,1-5H3,(H,31,37)(H3,30,32,33,34,35,36). The topological polar surface area (TPSA) is 104 Å². The predicted octanol–water partition coefficient (Wildman–Crippen LogP) is 6.17. The van der Waals surface area contributed by atoms with E-state index in [0.717, 1.165) is 33.6 Å². The first-order valence-electron chi connectivity index (χ1n) is 11.9. The van der Waals surface area contributed by atoms with E-state index in [0.29, 0.717) is 11.9 Å². The number of rotatable bonds is 8. The van der Waals surface area contributed by atoms with Gasteiger partial charge in [0.25, 0.3) is 0 Å². The lowest BCUT2D eigenvalue weighted by Gasteiger charge is -2.17. The molecule has 0 fully saturated rings. The van der Waals surface area contributed by atoms with Crippen LogP contribution in [0.25, 0.3) is 0 Å². The molecular formula is C28H30FN7O. The van der Waals surface area contributed by atoms with Crippen LogP contribution < -0.4 is 21.3 Å². The molecule has 1 atom stereocenters. The van der Waals surface area contributed by atoms with Gasteiger partial charge in [0.1, 0.15) is 11.9 Å². The lowest BCUT2D eigenvalue weighted by molar-refractivity contribution is -0.116. The molecule has 3 aromatic carbocycles. The van der Waals surface area contributed by atoms with E-state index in [2.05, 4.69) is 48.4 Å². The Kier molecular flexibility index (Phi) is 7.62. The molecule has 4 rings (SSSR count). The van der Waals surface area contributed by atoms with E-state index in [9.17, 15) is 9.18 Å². The first-order chi connectivity index (χ1) is 17.7. The van der Waals surface area contributed by atoms with Gasteiger partial charge in [-0.15, -0.1) is 0 Å². The van der Waals surface area contributed by atoms with Crippen molar-refractivity contribution >= 4 is 40.8 Å². The van der Waals surface area contributed by atoms with Gasteiger partial charge in [-0.1, -0.05) is 47.5 Å². The first kappa shape index (κ1) is 25.6. The molecular weight excluding hydrogens is 469 g/mol. The lowest BCUT2D eigenvalue weighted by Crippen LogP contribution is -2.33. The van der Waals surface area contributed by atoms with E-state index in [-0.39, 0.29) is 11.6 Å². The molecule has 0 radical (unpaired) electrons. The van der Waals surface area contributed by atoms with Crippen LogP contribution >= 0.6 is 0 Å². The summed E-state index contributed by atoms with van der Waals surface area (Å²) in [5, 5.41) is 12.1. The van der Waals surface area contributed by atoms with Gasteiger partial charge in [0.15, 0.2) is 0 Å². The summed E-state index contributed by atoms with van der Waals surface area (Å²) in [6.07, 6.45) is 0. The average molecular weight is 500 g/mol. The van der Waals surface area contributed by atoms with Gasteiger partial charge in [-0.25, -0.2) is 4.39 Å². The maximum atomic E-state index is 14.0. The van der Waals surface area contributed by atoms with E-state index in [1.807, 2.05) is 52.0 Å². The minimum atomic E-state index is -0.759. The lowest BCUT2D eigenvalue weighted by atomic mass is 10.1. The molecule has 8 nitrogen and oxygen atoms in total. The number of carbonyl (C=O) groups is 1. The molecule has 0 saturated carbocycles. The number of halogens is 1. The molecule has 1 unspecified atom stereocenters. The van der Waals surface area contributed by atoms with Gasteiger partial charge in [0.2, 0.25) is 23.8 Å². The van der Waals surface area contributed by atoms with Crippen molar-refractivity contribution in [3.05, 3.63) is 88.7 Å². The van der Waals surface area contributed by atoms with Crippen LogP contribution in [0.2, 0.25) is 0 Å². The van der Waals surface area contributed by atoms with E-state index in [1.165, 1.54) is 12.1 Å². The number of hydrogen-bond acceptors (Lipinski definition) is 7. The molecule has 1 heterocycles. The van der Waals surface area contributed by atoms with Gasteiger partial charge in [0, 0.05) is 11.4 Å². The molecule has 0 bridgehead atoms. The van der Waals surface area contributed by atoms with Gasteiger partial charge in [-0.3, -0.25) is 4.79 Å². The third kappa shape index (κ3) is 6.58. The van der Waals surface area contributed by atoms with Gasteiger partial charge < -0.3 is 21.3 Å². The normalized spacial score (nSPS) is 11.5. The molecule has 9 heteroatoms. The summed E-state index contributed by atoms with van der Waals surface area (Å²) in [4.78, 5) is 26.2. The van der Waals surface area contributed by atoms with E-state index in [4.69, 9.17) is 0 Å². The number of nitrogens with zero attached hydrogens (tertiary/aromatic N) is 3. The third-order valence-electron chi connectivity index (χ3n) is 5.76. The maximum Gasteiger partial charge on any atom is 0.246 e. The summed E-state index contributed by atoms with van der Waals surface area (Å²) in [6, 6.07) is 17.3. The van der Waals surface area contributed by atoms with Gasteiger partial charge in [-0.05, 0) is 70.0 Å². The molecule has 4 N–H and O–H groups in total. The van der Waals surface area contributed by atoms with Crippen LogP contribution in [-0.2, 0) is 4.79 Å². The Hall–Kier alpha value is -4.53. The molecule has 0 spiro atoms. The summed E-state index contributed by atoms with van der Waals surface area (Å²) in [5.74, 6) is -0.149. The molecule has 1 aromatic heterocycles. The van der Waals surface area contributed by atoms with E-state index >= 15 is 0 Å². The molecule has 1 amide bonds. The van der Waals surface area contributed by atoms with Crippen molar-refractivity contribution in [2.45, 2.75) is 40.7 Å². The SMILES string of the molecule is Cc1ccc(Nc2nc(Nc3ccc(C)cc3C)nc(NC(C)C(=O)Nc3ccccc3F)n2)c(C)c1. The monoisotopic (exact) mass is 499 g/mol. The van der Waals surface area contributed by atoms with Crippen molar-refractivity contribution in [1.82, 2.24) is 15.0 Å². The summed E-state index contributed by atoms with van der Waals surface area (Å²) < 4.78 is 14.0. The van der Waals surface area contributed by atoms with Crippen LogP contribution in [0.1, 0.15) is 29.2 Å². The van der Waals surface area contributed by atoms with Crippen LogP contribution in [0.15, 0.2) is 60.7 Å². The number of carbonyl (C=O) groups excluding carboxylic acids is 1. The second-order valence-corrected chi connectivity index (χ2v) is 9.03. The quantitative estimate of drug-likeness (QED) is 0.230. The highest BCUT2D eigenvalue weighted by molar-refractivity contribution is 5.96. The smallest absolute Gasteiger partial charge is 0.246 e. The Balaban J connectivity index is 1.61. The molecule has 0 aliphatic heterocycles. The van der Waals surface area contributed by atoms with Crippen molar-refractivity contribution in [1.29, 1.82) is 0 Å². The minimum Gasteiger partial charge on any atom is -0.342 e. The Bertz CT molecular complexity index is 1370. The number of hydrogen-bond donors (Lipinski definition) is 4. The Morgan fingerprint density at radius 2 is 1.24 bits per heavy atom. The Labute approximate surface area is 215 Å². The van der Waals surface area contributed by atoms with Crippen LogP contribution in [-0.4, -0.2) is 26.9 Å². The molecule has 4 aromatic rings. The number of amides is 1. The summed E-state index contributed by atoms with van der Waals surface area (Å²) >= 11 is 0. The van der Waals surface area contributed by atoms with E-state index in [1.54, 1.807) is 19.1 Å². The van der Waals surface area contributed by atoms with Crippen LogP contribution in [0.5, 0.6) is 0 Å². The molecule has 0 aliphatic carbocycles. The number of aromatic nitrogens is 3.